The van der Waals surface area contributed by atoms with Crippen molar-refractivity contribution in [2.24, 2.45) is 0 Å². The van der Waals surface area contributed by atoms with Crippen molar-refractivity contribution in [2.45, 2.75) is 45.8 Å². The average molecular weight is 392 g/mol. The van der Waals surface area contributed by atoms with Crippen LogP contribution in [0, 0.1) is 0 Å². The minimum Gasteiger partial charge on any atom is -0.493 e. The zero-order valence-corrected chi connectivity index (χ0v) is 17.8. The van der Waals surface area contributed by atoms with Gasteiger partial charge in [-0.1, -0.05) is 0 Å². The molecule has 0 aliphatic carbocycles. The Morgan fingerprint density at radius 2 is 1.89 bits per heavy atom. The quantitative estimate of drug-likeness (QED) is 0.855. The number of hydrogen-bond acceptors (Lipinski definition) is 6. The van der Waals surface area contributed by atoms with E-state index in [0.29, 0.717) is 13.1 Å². The molecule has 7 heteroatoms. The van der Waals surface area contributed by atoms with Crippen molar-refractivity contribution in [2.75, 3.05) is 51.8 Å². The van der Waals surface area contributed by atoms with Crippen LogP contribution >= 0.6 is 0 Å². The summed E-state index contributed by atoms with van der Waals surface area (Å²) in [5, 5.41) is 3.43. The van der Waals surface area contributed by atoms with Crippen molar-refractivity contribution in [3.63, 3.8) is 0 Å². The van der Waals surface area contributed by atoms with Gasteiger partial charge in [0.25, 0.3) is 0 Å². The first-order valence-corrected chi connectivity index (χ1v) is 10.0. The van der Waals surface area contributed by atoms with Crippen LogP contribution in [0.4, 0.5) is 10.5 Å². The van der Waals surface area contributed by atoms with Crippen molar-refractivity contribution in [1.29, 1.82) is 0 Å². The predicted molar refractivity (Wildman–Crippen MR) is 110 cm³/mol. The first-order chi connectivity index (χ1) is 13.3. The molecule has 1 aromatic carbocycles. The van der Waals surface area contributed by atoms with Crippen LogP contribution in [-0.2, 0) is 17.7 Å². The molecule has 28 heavy (non-hydrogen) atoms. The summed E-state index contributed by atoms with van der Waals surface area (Å²) in [5.41, 5.74) is 3.21. The number of anilines is 1. The highest BCUT2D eigenvalue weighted by Crippen LogP contribution is 2.43. The van der Waals surface area contributed by atoms with Gasteiger partial charge in [0.2, 0.25) is 0 Å². The predicted octanol–water partition coefficient (Wildman–Crippen LogP) is 2.80. The van der Waals surface area contributed by atoms with Crippen LogP contribution in [-0.4, -0.2) is 63.5 Å². The Hall–Kier alpha value is -2.15. The first kappa shape index (κ1) is 20.6. The first-order valence-electron chi connectivity index (χ1n) is 10.0. The minimum atomic E-state index is -0.481. The lowest BCUT2D eigenvalue weighted by Gasteiger charge is -2.32. The molecule has 0 unspecified atom stereocenters. The molecule has 7 nitrogen and oxygen atoms in total. The molecule has 0 atom stereocenters. The van der Waals surface area contributed by atoms with E-state index in [9.17, 15) is 4.79 Å². The maximum absolute atomic E-state index is 12.5. The van der Waals surface area contributed by atoms with E-state index >= 15 is 0 Å². The molecule has 0 saturated carbocycles. The van der Waals surface area contributed by atoms with Crippen molar-refractivity contribution >= 4 is 11.8 Å². The largest absolute Gasteiger partial charge is 0.493 e. The van der Waals surface area contributed by atoms with Crippen LogP contribution < -0.4 is 19.7 Å². The number of carbonyl (C=O) groups excluding carboxylic acids is 1. The van der Waals surface area contributed by atoms with Crippen molar-refractivity contribution in [3.8, 4) is 11.5 Å². The number of nitrogens with zero attached hydrogens (tertiary/aromatic N) is 2. The van der Waals surface area contributed by atoms with Gasteiger partial charge in [0.15, 0.2) is 11.5 Å². The molecule has 0 bridgehead atoms. The maximum atomic E-state index is 12.5. The summed E-state index contributed by atoms with van der Waals surface area (Å²) < 4.78 is 17.0. The number of amides is 1. The molecule has 2 heterocycles. The van der Waals surface area contributed by atoms with E-state index in [2.05, 4.69) is 16.3 Å². The van der Waals surface area contributed by atoms with Gasteiger partial charge in [0, 0.05) is 32.7 Å². The zero-order valence-electron chi connectivity index (χ0n) is 17.8. The summed E-state index contributed by atoms with van der Waals surface area (Å²) in [6.45, 7) is 10.4. The third-order valence-corrected chi connectivity index (χ3v) is 5.17. The second-order valence-electron chi connectivity index (χ2n) is 8.33. The minimum absolute atomic E-state index is 0.238. The van der Waals surface area contributed by atoms with Crippen molar-refractivity contribution in [3.05, 3.63) is 17.2 Å². The van der Waals surface area contributed by atoms with E-state index in [0.717, 1.165) is 56.2 Å². The molecular formula is C21H33N3O4. The van der Waals surface area contributed by atoms with E-state index < -0.39 is 5.60 Å². The van der Waals surface area contributed by atoms with Crippen molar-refractivity contribution in [1.82, 2.24) is 10.2 Å². The summed E-state index contributed by atoms with van der Waals surface area (Å²) in [5.74, 6) is 1.54. The summed E-state index contributed by atoms with van der Waals surface area (Å²) in [7, 11) is 3.37. The maximum Gasteiger partial charge on any atom is 0.410 e. The molecule has 3 rings (SSSR count). The Kier molecular flexibility index (Phi) is 6.23. The van der Waals surface area contributed by atoms with Gasteiger partial charge in [-0.15, -0.1) is 0 Å². The molecule has 1 amide bonds. The van der Waals surface area contributed by atoms with Gasteiger partial charge in [-0.3, -0.25) is 0 Å². The smallest absolute Gasteiger partial charge is 0.410 e. The standard InChI is InChI=1S/C21H33N3O4/c1-21(2,3)28-20(25)24-10-6-9-23(11-12-24)18-16-7-8-22-14-15(16)13-17(26-4)19(18)27-5/h13,22H,6-12,14H2,1-5H3. The Morgan fingerprint density at radius 1 is 1.11 bits per heavy atom. The average Bonchev–Trinajstić information content (AvgIpc) is 2.91. The number of carbonyl (C=O) groups is 1. The van der Waals surface area contributed by atoms with Crippen LogP contribution in [0.3, 0.4) is 0 Å². The van der Waals surface area contributed by atoms with Gasteiger partial charge in [0.1, 0.15) is 5.60 Å². The lowest BCUT2D eigenvalue weighted by molar-refractivity contribution is 0.0263. The zero-order chi connectivity index (χ0) is 20.3. The molecule has 2 aliphatic rings. The van der Waals surface area contributed by atoms with E-state index in [1.54, 1.807) is 14.2 Å². The molecule has 1 N–H and O–H groups in total. The number of hydrogen-bond donors (Lipinski definition) is 1. The van der Waals surface area contributed by atoms with Gasteiger partial charge in [-0.05, 0) is 57.4 Å². The summed E-state index contributed by atoms with van der Waals surface area (Å²) in [6, 6.07) is 2.08. The monoisotopic (exact) mass is 391 g/mol. The van der Waals surface area contributed by atoms with Gasteiger partial charge in [-0.2, -0.15) is 0 Å². The van der Waals surface area contributed by atoms with Crippen LogP contribution in [0.25, 0.3) is 0 Å². The number of fused-ring (bicyclic) bond motifs is 1. The number of ether oxygens (including phenoxy) is 3. The van der Waals surface area contributed by atoms with Crippen LogP contribution in [0.5, 0.6) is 11.5 Å². The SMILES string of the molecule is COc1cc2c(c(N3CCCN(C(=O)OC(C)(C)C)CC3)c1OC)CCNC2. The normalized spacial score (nSPS) is 17.6. The fourth-order valence-electron chi connectivity index (χ4n) is 3.92. The number of methoxy groups -OCH3 is 2. The summed E-state index contributed by atoms with van der Waals surface area (Å²) >= 11 is 0. The summed E-state index contributed by atoms with van der Waals surface area (Å²) in [6.07, 6.45) is 1.60. The lowest BCUT2D eigenvalue weighted by Crippen LogP contribution is -2.39. The molecular weight excluding hydrogens is 358 g/mol. The third kappa shape index (κ3) is 4.46. The van der Waals surface area contributed by atoms with Crippen LogP contribution in [0.2, 0.25) is 0 Å². The molecule has 1 aromatic rings. The highest BCUT2D eigenvalue weighted by atomic mass is 16.6. The third-order valence-electron chi connectivity index (χ3n) is 5.17. The molecule has 1 saturated heterocycles. The van der Waals surface area contributed by atoms with Gasteiger partial charge < -0.3 is 29.3 Å². The van der Waals surface area contributed by atoms with E-state index in [4.69, 9.17) is 14.2 Å². The molecule has 1 fully saturated rings. The Morgan fingerprint density at radius 3 is 2.57 bits per heavy atom. The Bertz CT molecular complexity index is 700. The number of nitrogens with one attached hydrogen (secondary N) is 1. The van der Waals surface area contributed by atoms with Gasteiger partial charge in [0.05, 0.1) is 19.9 Å². The van der Waals surface area contributed by atoms with Crippen LogP contribution in [0.1, 0.15) is 38.3 Å². The van der Waals surface area contributed by atoms with Crippen molar-refractivity contribution < 1.29 is 19.0 Å². The van der Waals surface area contributed by atoms with E-state index in [-0.39, 0.29) is 6.09 Å². The second-order valence-corrected chi connectivity index (χ2v) is 8.33. The highest BCUT2D eigenvalue weighted by Gasteiger charge is 2.29. The fraction of sp³-hybridized carbons (Fsp3) is 0.667. The topological polar surface area (TPSA) is 63.3 Å². The van der Waals surface area contributed by atoms with Crippen LogP contribution in [0.15, 0.2) is 6.07 Å². The highest BCUT2D eigenvalue weighted by molar-refractivity contribution is 5.73. The fourth-order valence-corrected chi connectivity index (χ4v) is 3.92. The Labute approximate surface area is 167 Å². The number of rotatable bonds is 3. The molecule has 2 aliphatic heterocycles. The number of benzene rings is 1. The second kappa shape index (κ2) is 8.47. The van der Waals surface area contributed by atoms with E-state index in [1.165, 1.54) is 11.1 Å². The van der Waals surface area contributed by atoms with E-state index in [1.807, 2.05) is 25.7 Å². The van der Waals surface area contributed by atoms with Gasteiger partial charge in [-0.25, -0.2) is 4.79 Å². The molecule has 0 aromatic heterocycles. The summed E-state index contributed by atoms with van der Waals surface area (Å²) in [4.78, 5) is 16.7. The van der Waals surface area contributed by atoms with Gasteiger partial charge >= 0.3 is 6.09 Å². The Balaban J connectivity index is 1.86. The molecule has 156 valence electrons. The molecule has 0 spiro atoms. The molecule has 0 radical (unpaired) electrons. The lowest BCUT2D eigenvalue weighted by atomic mass is 9.96.